The first kappa shape index (κ1) is 19.4. The molecule has 0 N–H and O–H groups in total. The third-order valence-corrected chi connectivity index (χ3v) is 5.82. The van der Waals surface area contributed by atoms with Crippen molar-refractivity contribution in [1.82, 2.24) is 23.1 Å². The molecule has 3 heterocycles. The predicted octanol–water partition coefficient (Wildman–Crippen LogP) is 3.61. The molecule has 3 aromatic heterocycles. The maximum Gasteiger partial charge on any atom is 0.332 e. The molecule has 0 amide bonds. The van der Waals surface area contributed by atoms with Crippen molar-refractivity contribution in [3.05, 3.63) is 85.6 Å². The van der Waals surface area contributed by atoms with Gasteiger partial charge >= 0.3 is 5.69 Å². The molecule has 0 fully saturated rings. The summed E-state index contributed by atoms with van der Waals surface area (Å²) in [5, 5.41) is 0.646. The summed E-state index contributed by atoms with van der Waals surface area (Å²) < 4.78 is 6.27. The Morgan fingerprint density at radius 2 is 1.55 bits per heavy atom. The monoisotopic (exact) mass is 433 g/mol. The molecule has 5 aromatic rings. The van der Waals surface area contributed by atoms with Gasteiger partial charge in [-0.25, -0.2) is 4.79 Å². The molecule has 0 aliphatic heterocycles. The molecule has 8 heteroatoms. The van der Waals surface area contributed by atoms with Crippen molar-refractivity contribution in [2.24, 2.45) is 14.1 Å². The Hall–Kier alpha value is -3.58. The van der Waals surface area contributed by atoms with E-state index in [0.717, 1.165) is 32.6 Å². The van der Waals surface area contributed by atoms with Crippen molar-refractivity contribution in [3.8, 4) is 16.9 Å². The van der Waals surface area contributed by atoms with Crippen LogP contribution in [0.5, 0.6) is 0 Å². The van der Waals surface area contributed by atoms with Crippen LogP contribution in [0.3, 0.4) is 0 Å². The minimum Gasteiger partial charge on any atom is -0.279 e. The van der Waals surface area contributed by atoms with Crippen molar-refractivity contribution >= 4 is 28.5 Å². The number of fused-ring (bicyclic) bond motifs is 3. The number of hydrogen-bond acceptors (Lipinski definition) is 3. The highest BCUT2D eigenvalue weighted by Crippen LogP contribution is 2.30. The topological polar surface area (TPSA) is 66.2 Å². The second-order valence-corrected chi connectivity index (χ2v) is 8.30. The third-order valence-electron chi connectivity index (χ3n) is 5.57. The van der Waals surface area contributed by atoms with Crippen LogP contribution >= 0.6 is 11.6 Å². The van der Waals surface area contributed by atoms with Gasteiger partial charge in [-0.2, -0.15) is 4.98 Å². The van der Waals surface area contributed by atoms with Gasteiger partial charge in [0.1, 0.15) is 0 Å². The number of aromatic nitrogens is 5. The zero-order valence-corrected chi connectivity index (χ0v) is 18.3. The van der Waals surface area contributed by atoms with E-state index >= 15 is 0 Å². The first-order chi connectivity index (χ1) is 14.8. The van der Waals surface area contributed by atoms with Crippen molar-refractivity contribution in [1.29, 1.82) is 0 Å². The van der Waals surface area contributed by atoms with Crippen LogP contribution in [-0.4, -0.2) is 23.1 Å². The molecule has 5 rings (SSSR count). The lowest BCUT2D eigenvalue weighted by Gasteiger charge is -2.11. The molecule has 0 radical (unpaired) electrons. The van der Waals surface area contributed by atoms with Gasteiger partial charge in [-0.05, 0) is 49.2 Å². The van der Waals surface area contributed by atoms with E-state index in [0.29, 0.717) is 22.0 Å². The van der Waals surface area contributed by atoms with Gasteiger partial charge in [0.05, 0.1) is 5.69 Å². The highest BCUT2D eigenvalue weighted by Gasteiger charge is 2.21. The van der Waals surface area contributed by atoms with Crippen LogP contribution in [0.2, 0.25) is 5.02 Å². The standard InChI is InChI=1S/C23H20ClN5O2/c1-13-9-14(2)11-17(10-13)29-18(15-5-7-16(24)8-6-15)12-28-19-20(25-22(28)29)26(3)23(31)27(4)21(19)30/h5-12H,1-4H3. The SMILES string of the molecule is Cc1cc(C)cc(-n2c(-c3ccc(Cl)cc3)cn3c4c(=O)n(C)c(=O)n(C)c4nc23)c1. The van der Waals surface area contributed by atoms with Gasteiger partial charge < -0.3 is 0 Å². The van der Waals surface area contributed by atoms with Gasteiger partial charge in [0.2, 0.25) is 5.78 Å². The van der Waals surface area contributed by atoms with Crippen molar-refractivity contribution < 1.29 is 0 Å². The van der Waals surface area contributed by atoms with E-state index in [2.05, 4.69) is 18.2 Å². The molecule has 0 saturated heterocycles. The van der Waals surface area contributed by atoms with E-state index in [1.165, 1.54) is 11.6 Å². The number of halogens is 1. The summed E-state index contributed by atoms with van der Waals surface area (Å²) in [7, 11) is 3.10. The minimum atomic E-state index is -0.408. The van der Waals surface area contributed by atoms with Crippen molar-refractivity contribution in [2.45, 2.75) is 13.8 Å². The lowest BCUT2D eigenvalue weighted by atomic mass is 10.1. The average molecular weight is 434 g/mol. The molecule has 0 aliphatic carbocycles. The lowest BCUT2D eigenvalue weighted by Crippen LogP contribution is -2.37. The largest absolute Gasteiger partial charge is 0.332 e. The van der Waals surface area contributed by atoms with Gasteiger partial charge in [0, 0.05) is 36.6 Å². The number of imidazole rings is 2. The number of nitrogens with zero attached hydrogens (tertiary/aromatic N) is 5. The minimum absolute atomic E-state index is 0.351. The molecule has 7 nitrogen and oxygen atoms in total. The molecule has 0 spiro atoms. The number of benzene rings is 2. The van der Waals surface area contributed by atoms with Crippen molar-refractivity contribution in [2.75, 3.05) is 0 Å². The summed E-state index contributed by atoms with van der Waals surface area (Å²) in [4.78, 5) is 30.1. The van der Waals surface area contributed by atoms with Crippen LogP contribution in [0.1, 0.15) is 11.1 Å². The summed E-state index contributed by atoms with van der Waals surface area (Å²) in [6.45, 7) is 4.08. The zero-order valence-electron chi connectivity index (χ0n) is 17.5. The number of hydrogen-bond donors (Lipinski definition) is 0. The van der Waals surface area contributed by atoms with Gasteiger partial charge in [-0.15, -0.1) is 0 Å². The highest BCUT2D eigenvalue weighted by atomic mass is 35.5. The Balaban J connectivity index is 1.98. The van der Waals surface area contributed by atoms with Gasteiger partial charge in [-0.1, -0.05) is 29.8 Å². The fourth-order valence-corrected chi connectivity index (χ4v) is 4.26. The van der Waals surface area contributed by atoms with Gasteiger partial charge in [0.15, 0.2) is 11.2 Å². The fourth-order valence-electron chi connectivity index (χ4n) is 4.13. The number of rotatable bonds is 2. The lowest BCUT2D eigenvalue weighted by molar-refractivity contribution is 0.708. The van der Waals surface area contributed by atoms with Crippen LogP contribution < -0.4 is 11.2 Å². The van der Waals surface area contributed by atoms with E-state index in [4.69, 9.17) is 16.6 Å². The van der Waals surface area contributed by atoms with Crippen LogP contribution in [0.15, 0.2) is 58.3 Å². The molecule has 0 aliphatic rings. The van der Waals surface area contributed by atoms with Crippen LogP contribution in [0.4, 0.5) is 0 Å². The fraction of sp³-hybridized carbons (Fsp3) is 0.174. The van der Waals surface area contributed by atoms with E-state index < -0.39 is 5.69 Å². The summed E-state index contributed by atoms with van der Waals surface area (Å²) >= 11 is 6.10. The average Bonchev–Trinajstić information content (AvgIpc) is 3.26. The van der Waals surface area contributed by atoms with Gasteiger partial charge in [-0.3, -0.25) is 22.9 Å². The van der Waals surface area contributed by atoms with E-state index in [1.54, 1.807) is 11.4 Å². The molecule has 0 saturated carbocycles. The number of aryl methyl sites for hydroxylation is 3. The van der Waals surface area contributed by atoms with Crippen molar-refractivity contribution in [3.63, 3.8) is 0 Å². The van der Waals surface area contributed by atoms with E-state index in [9.17, 15) is 9.59 Å². The summed E-state index contributed by atoms with van der Waals surface area (Å²) in [5.74, 6) is 0.559. The molecule has 31 heavy (non-hydrogen) atoms. The zero-order chi connectivity index (χ0) is 22.0. The second-order valence-electron chi connectivity index (χ2n) is 7.86. The maximum atomic E-state index is 13.0. The Kier molecular flexibility index (Phi) is 4.20. The normalized spacial score (nSPS) is 11.6. The summed E-state index contributed by atoms with van der Waals surface area (Å²) in [6.07, 6.45) is 1.89. The molecular formula is C23H20ClN5O2. The van der Waals surface area contributed by atoms with Gasteiger partial charge in [0.25, 0.3) is 5.56 Å². The van der Waals surface area contributed by atoms with Crippen LogP contribution in [0.25, 0.3) is 33.9 Å². The Labute approximate surface area is 182 Å². The predicted molar refractivity (Wildman–Crippen MR) is 122 cm³/mol. The Morgan fingerprint density at radius 1 is 0.903 bits per heavy atom. The smallest absolute Gasteiger partial charge is 0.279 e. The molecule has 0 unspecified atom stereocenters. The maximum absolute atomic E-state index is 13.0. The van der Waals surface area contributed by atoms with Crippen LogP contribution in [-0.2, 0) is 14.1 Å². The first-order valence-corrected chi connectivity index (χ1v) is 10.2. The summed E-state index contributed by atoms with van der Waals surface area (Å²) in [5.41, 5.74) is 4.87. The molecule has 156 valence electrons. The van der Waals surface area contributed by atoms with E-state index in [-0.39, 0.29) is 5.56 Å². The molecule has 0 bridgehead atoms. The Morgan fingerprint density at radius 3 is 2.19 bits per heavy atom. The molecular weight excluding hydrogens is 414 g/mol. The molecule has 2 aromatic carbocycles. The first-order valence-electron chi connectivity index (χ1n) is 9.80. The quantitative estimate of drug-likeness (QED) is 0.427. The summed E-state index contributed by atoms with van der Waals surface area (Å²) in [6, 6.07) is 13.8. The Bertz CT molecular complexity index is 1600. The second kappa shape index (κ2) is 6.72. The van der Waals surface area contributed by atoms with E-state index in [1.807, 2.05) is 48.9 Å². The third kappa shape index (κ3) is 2.84. The molecule has 0 atom stereocenters. The highest BCUT2D eigenvalue weighted by molar-refractivity contribution is 6.30. The van der Waals surface area contributed by atoms with Crippen LogP contribution in [0, 0.1) is 13.8 Å².